The van der Waals surface area contributed by atoms with E-state index in [1.165, 1.54) is 22.7 Å². The van der Waals surface area contributed by atoms with E-state index in [1.54, 1.807) is 36.4 Å². The zero-order valence-corrected chi connectivity index (χ0v) is 25.8. The molecule has 0 aliphatic carbocycles. The first kappa shape index (κ1) is 29.3. The molecule has 12 heteroatoms. The first-order valence-electron chi connectivity index (χ1n) is 11.9. The van der Waals surface area contributed by atoms with Crippen LogP contribution in [0.5, 0.6) is 5.75 Å². The van der Waals surface area contributed by atoms with E-state index in [0.717, 1.165) is 25.9 Å². The first-order valence-corrected chi connectivity index (χ1v) is 15.0. The minimum absolute atomic E-state index is 0. The number of carbonyl (C=O) groups excluding carboxylic acids is 2. The molecule has 0 bridgehead atoms. The molecule has 1 saturated heterocycles. The molecule has 5 nitrogen and oxygen atoms in total. The van der Waals surface area contributed by atoms with Crippen LogP contribution in [0.1, 0.15) is 19.3 Å². The maximum atomic E-state index is 13.2. The molecule has 1 fully saturated rings. The molecular weight excluding hydrogens is 654 g/mol. The average molecular weight is 672 g/mol. The summed E-state index contributed by atoms with van der Waals surface area (Å²) in [6.45, 7) is 2.46. The van der Waals surface area contributed by atoms with Crippen LogP contribution in [0.3, 0.4) is 0 Å². The topological polar surface area (TPSA) is 49.9 Å². The summed E-state index contributed by atoms with van der Waals surface area (Å²) < 4.78 is 7.31. The fourth-order valence-electron chi connectivity index (χ4n) is 4.54. The smallest absolute Gasteiger partial charge is 0.355 e. The van der Waals surface area contributed by atoms with Crippen LogP contribution >= 0.6 is 69.1 Å². The number of esters is 1. The van der Waals surface area contributed by atoms with Gasteiger partial charge in [-0.25, -0.2) is 4.79 Å². The van der Waals surface area contributed by atoms with Crippen LogP contribution in [0.2, 0.25) is 20.1 Å². The minimum Gasteiger partial charge on any atom is -1.00 e. The molecule has 6 rings (SSSR count). The normalized spacial score (nSPS) is 13.5. The quantitative estimate of drug-likeness (QED) is 0.176. The SMILES string of the molecule is O=C(Oc1ccc(N2CCN(C(=O)c3sc4cc(Cl)ccc4c3Cl)CC2)cc1)c1sc2cc(Cl)ccc2c1Cl.[Cl-]. The number of ether oxygens (including phenoxy) is 1. The van der Waals surface area contributed by atoms with Crippen molar-refractivity contribution in [2.75, 3.05) is 31.1 Å². The molecule has 0 atom stereocenters. The van der Waals surface area contributed by atoms with Crippen molar-refractivity contribution in [1.82, 2.24) is 4.90 Å². The van der Waals surface area contributed by atoms with Gasteiger partial charge in [-0.3, -0.25) is 4.79 Å². The molecule has 0 unspecified atom stereocenters. The lowest BCUT2D eigenvalue weighted by atomic mass is 10.2. The Balaban J connectivity index is 0.00000323. The molecule has 0 saturated carbocycles. The molecule has 1 amide bonds. The highest BCUT2D eigenvalue weighted by atomic mass is 35.5. The van der Waals surface area contributed by atoms with Gasteiger partial charge in [-0.15, -0.1) is 22.7 Å². The van der Waals surface area contributed by atoms with Crippen LogP contribution in [0.15, 0.2) is 60.7 Å². The van der Waals surface area contributed by atoms with E-state index in [0.29, 0.717) is 61.8 Å². The van der Waals surface area contributed by atoms with Gasteiger partial charge in [0.15, 0.2) is 0 Å². The summed E-state index contributed by atoms with van der Waals surface area (Å²) in [5.74, 6) is -0.163. The highest BCUT2D eigenvalue weighted by Crippen LogP contribution is 2.39. The number of thiophene rings is 2. The maximum Gasteiger partial charge on any atom is 0.355 e. The predicted molar refractivity (Wildman–Crippen MR) is 163 cm³/mol. The summed E-state index contributed by atoms with van der Waals surface area (Å²) in [5.41, 5.74) is 0.978. The second kappa shape index (κ2) is 11.9. The predicted octanol–water partition coefficient (Wildman–Crippen LogP) is 5.92. The molecule has 2 aromatic heterocycles. The molecule has 1 aliphatic heterocycles. The third-order valence-electron chi connectivity index (χ3n) is 6.54. The summed E-state index contributed by atoms with van der Waals surface area (Å²) >= 11 is 27.7. The zero-order chi connectivity index (χ0) is 27.3. The van der Waals surface area contributed by atoms with Crippen molar-refractivity contribution in [3.63, 3.8) is 0 Å². The number of hydrogen-bond acceptors (Lipinski definition) is 6. The molecule has 40 heavy (non-hydrogen) atoms. The van der Waals surface area contributed by atoms with Crippen molar-refractivity contribution in [2.45, 2.75) is 0 Å². The largest absolute Gasteiger partial charge is 1.00 e. The number of hydrogen-bond donors (Lipinski definition) is 0. The van der Waals surface area contributed by atoms with Crippen molar-refractivity contribution >= 4 is 107 Å². The van der Waals surface area contributed by atoms with Crippen molar-refractivity contribution in [3.8, 4) is 5.75 Å². The van der Waals surface area contributed by atoms with Crippen LogP contribution in [-0.2, 0) is 0 Å². The van der Waals surface area contributed by atoms with E-state index in [9.17, 15) is 9.59 Å². The number of piperazine rings is 1. The monoisotopic (exact) mass is 669 g/mol. The summed E-state index contributed by atoms with van der Waals surface area (Å²) in [6, 6.07) is 18.1. The Morgan fingerprint density at radius 2 is 1.23 bits per heavy atom. The Labute approximate surface area is 264 Å². The van der Waals surface area contributed by atoms with Gasteiger partial charge in [-0.2, -0.15) is 0 Å². The Bertz CT molecular complexity index is 1740. The Kier molecular flexibility index (Phi) is 8.74. The van der Waals surface area contributed by atoms with Crippen molar-refractivity contribution in [1.29, 1.82) is 0 Å². The maximum absolute atomic E-state index is 13.2. The molecule has 0 spiro atoms. The zero-order valence-electron chi connectivity index (χ0n) is 20.4. The van der Waals surface area contributed by atoms with Gasteiger partial charge in [0.25, 0.3) is 5.91 Å². The summed E-state index contributed by atoms with van der Waals surface area (Å²) in [4.78, 5) is 30.9. The van der Waals surface area contributed by atoms with Crippen LogP contribution in [-0.4, -0.2) is 43.0 Å². The van der Waals surface area contributed by atoms with Gasteiger partial charge in [-0.05, 0) is 48.5 Å². The fraction of sp³-hybridized carbons (Fsp3) is 0.143. The molecule has 0 N–H and O–H groups in total. The van der Waals surface area contributed by atoms with Gasteiger partial charge in [-0.1, -0.05) is 58.5 Å². The lowest BCUT2D eigenvalue weighted by Gasteiger charge is -2.36. The molecule has 3 aromatic carbocycles. The number of anilines is 1. The Hall–Kier alpha value is -2.23. The third-order valence-corrected chi connectivity index (χ3v) is 10.3. The van der Waals surface area contributed by atoms with Crippen molar-refractivity contribution < 1.29 is 26.7 Å². The number of carbonyl (C=O) groups is 2. The molecule has 3 heterocycles. The van der Waals surface area contributed by atoms with E-state index >= 15 is 0 Å². The second-order valence-corrected chi connectivity index (χ2v) is 12.7. The highest BCUT2D eigenvalue weighted by molar-refractivity contribution is 7.22. The number of fused-ring (bicyclic) bond motifs is 2. The lowest BCUT2D eigenvalue weighted by Crippen LogP contribution is -3.00. The van der Waals surface area contributed by atoms with Gasteiger partial charge < -0.3 is 26.9 Å². The standard InChI is InChI=1S/C28H18Cl4N2O3S2.ClH/c29-15-1-7-19-21(13-15)38-25(23(19)31)27(35)34-11-9-33(10-12-34)17-3-5-18(6-4-17)37-28(36)26-24(32)20-8-2-16(30)14-22(20)39-26;/h1-8,13-14H,9-12H2;1H/p-1. The fourth-order valence-corrected chi connectivity index (χ4v) is 7.95. The Morgan fingerprint density at radius 3 is 1.80 bits per heavy atom. The van der Waals surface area contributed by atoms with Crippen LogP contribution in [0.25, 0.3) is 20.2 Å². The van der Waals surface area contributed by atoms with E-state index in [2.05, 4.69) is 4.90 Å². The Morgan fingerprint density at radius 1 is 0.700 bits per heavy atom. The van der Waals surface area contributed by atoms with Crippen LogP contribution < -0.4 is 22.0 Å². The molecule has 5 aromatic rings. The number of amides is 1. The molecule has 1 aliphatic rings. The van der Waals surface area contributed by atoms with Crippen LogP contribution in [0.4, 0.5) is 5.69 Å². The first-order chi connectivity index (χ1) is 18.8. The van der Waals surface area contributed by atoms with E-state index in [1.807, 2.05) is 29.2 Å². The van der Waals surface area contributed by atoms with Crippen LogP contribution in [0, 0.1) is 0 Å². The third kappa shape index (κ3) is 5.61. The summed E-state index contributed by atoms with van der Waals surface area (Å²) in [6.07, 6.45) is 0. The summed E-state index contributed by atoms with van der Waals surface area (Å²) in [5, 5.41) is 3.64. The van der Waals surface area contributed by atoms with Gasteiger partial charge in [0.1, 0.15) is 15.5 Å². The second-order valence-electron chi connectivity index (χ2n) is 8.93. The minimum atomic E-state index is -0.514. The number of rotatable bonds is 4. The number of benzene rings is 3. The lowest BCUT2D eigenvalue weighted by molar-refractivity contribution is -0.0000296. The van der Waals surface area contributed by atoms with Gasteiger partial charge in [0, 0.05) is 62.1 Å². The van der Waals surface area contributed by atoms with E-state index in [-0.39, 0.29) is 18.3 Å². The van der Waals surface area contributed by atoms with Gasteiger partial charge in [0.05, 0.1) is 10.0 Å². The van der Waals surface area contributed by atoms with E-state index < -0.39 is 5.97 Å². The molecule has 206 valence electrons. The van der Waals surface area contributed by atoms with E-state index in [4.69, 9.17) is 51.1 Å². The number of nitrogens with zero attached hydrogens (tertiary/aromatic N) is 2. The van der Waals surface area contributed by atoms with Crippen molar-refractivity contribution in [3.05, 3.63) is 90.5 Å². The van der Waals surface area contributed by atoms with Crippen molar-refractivity contribution in [2.24, 2.45) is 0 Å². The van der Waals surface area contributed by atoms with Gasteiger partial charge in [0.2, 0.25) is 0 Å². The molecular formula is C28H18Cl5N2O3S2-. The number of halogens is 5. The summed E-state index contributed by atoms with van der Waals surface area (Å²) in [7, 11) is 0. The highest BCUT2D eigenvalue weighted by Gasteiger charge is 2.26. The average Bonchev–Trinajstić information content (AvgIpc) is 3.44. The molecule has 0 radical (unpaired) electrons. The van der Waals surface area contributed by atoms with Gasteiger partial charge >= 0.3 is 5.97 Å².